The van der Waals surface area contributed by atoms with Gasteiger partial charge in [0.25, 0.3) is 0 Å². The summed E-state index contributed by atoms with van der Waals surface area (Å²) in [6.45, 7) is 4.47. The van der Waals surface area contributed by atoms with E-state index in [0.717, 1.165) is 25.7 Å². The molecule has 0 bridgehead atoms. The van der Waals surface area contributed by atoms with Gasteiger partial charge in [0.15, 0.2) is 5.78 Å². The third kappa shape index (κ3) is 2.71. The van der Waals surface area contributed by atoms with Crippen LogP contribution < -0.4 is 0 Å². The Morgan fingerprint density at radius 2 is 2.00 bits per heavy atom. The molecule has 0 radical (unpaired) electrons. The van der Waals surface area contributed by atoms with E-state index in [9.17, 15) is 9.90 Å². The molecule has 1 heterocycles. The summed E-state index contributed by atoms with van der Waals surface area (Å²) in [5.41, 5.74) is -0.0325. The number of aliphatic hydroxyl groups is 1. The molecule has 3 heteroatoms. The fourth-order valence-corrected chi connectivity index (χ4v) is 3.21. The van der Waals surface area contributed by atoms with Crippen molar-refractivity contribution < 1.29 is 14.6 Å². The van der Waals surface area contributed by atoms with Crippen molar-refractivity contribution in [2.75, 3.05) is 6.61 Å². The Kier molecular flexibility index (Phi) is 3.88. The van der Waals surface area contributed by atoms with Crippen LogP contribution in [-0.2, 0) is 9.53 Å². The quantitative estimate of drug-likeness (QED) is 0.823. The van der Waals surface area contributed by atoms with E-state index in [1.54, 1.807) is 0 Å². The summed E-state index contributed by atoms with van der Waals surface area (Å²) in [5.74, 6) is 0.0682. The summed E-state index contributed by atoms with van der Waals surface area (Å²) >= 11 is 0. The summed E-state index contributed by atoms with van der Waals surface area (Å²) in [5, 5.41) is 9.89. The van der Waals surface area contributed by atoms with Gasteiger partial charge < -0.3 is 9.84 Å². The molecule has 0 aromatic rings. The van der Waals surface area contributed by atoms with E-state index < -0.39 is 6.10 Å². The maximum atomic E-state index is 12.2. The van der Waals surface area contributed by atoms with Gasteiger partial charge in [-0.15, -0.1) is 0 Å². The van der Waals surface area contributed by atoms with E-state index in [0.29, 0.717) is 6.61 Å². The first kappa shape index (κ1) is 13.0. The second-order valence-corrected chi connectivity index (χ2v) is 6.02. The molecule has 2 rings (SSSR count). The summed E-state index contributed by atoms with van der Waals surface area (Å²) in [6.07, 6.45) is 5.43. The fourth-order valence-electron chi connectivity index (χ4n) is 3.21. The minimum Gasteiger partial charge on any atom is -0.385 e. The normalized spacial score (nSPS) is 29.8. The van der Waals surface area contributed by atoms with Gasteiger partial charge in [-0.2, -0.15) is 0 Å². The van der Waals surface area contributed by atoms with Crippen LogP contribution in [0.3, 0.4) is 0 Å². The molecule has 98 valence electrons. The van der Waals surface area contributed by atoms with Gasteiger partial charge in [-0.3, -0.25) is 4.79 Å². The van der Waals surface area contributed by atoms with Crippen LogP contribution in [0.5, 0.6) is 0 Å². The number of hydrogen-bond acceptors (Lipinski definition) is 3. The lowest BCUT2D eigenvalue weighted by Crippen LogP contribution is -2.43. The molecule has 1 saturated heterocycles. The number of ether oxygens (including phenoxy) is 1. The minimum absolute atomic E-state index is 0.0132. The largest absolute Gasteiger partial charge is 0.385 e. The van der Waals surface area contributed by atoms with Gasteiger partial charge in [-0.1, -0.05) is 26.7 Å². The van der Waals surface area contributed by atoms with Crippen molar-refractivity contribution in [2.45, 2.75) is 64.1 Å². The lowest BCUT2D eigenvalue weighted by molar-refractivity contribution is -0.145. The first-order valence-corrected chi connectivity index (χ1v) is 6.90. The zero-order valence-corrected chi connectivity index (χ0v) is 10.9. The highest BCUT2D eigenvalue weighted by molar-refractivity contribution is 5.85. The lowest BCUT2D eigenvalue weighted by atomic mass is 9.79. The van der Waals surface area contributed by atoms with Gasteiger partial charge in [-0.25, -0.2) is 0 Å². The maximum absolute atomic E-state index is 12.2. The molecule has 1 N–H and O–H groups in total. The van der Waals surface area contributed by atoms with Gasteiger partial charge >= 0.3 is 0 Å². The average molecular weight is 240 g/mol. The van der Waals surface area contributed by atoms with Crippen molar-refractivity contribution in [1.29, 1.82) is 0 Å². The third-order valence-corrected chi connectivity index (χ3v) is 4.33. The smallest absolute Gasteiger partial charge is 0.164 e. The van der Waals surface area contributed by atoms with Crippen LogP contribution in [0.4, 0.5) is 0 Å². The van der Waals surface area contributed by atoms with Gasteiger partial charge in [0.05, 0.1) is 5.60 Å². The van der Waals surface area contributed by atoms with Gasteiger partial charge in [0.2, 0.25) is 0 Å². The summed E-state index contributed by atoms with van der Waals surface area (Å²) in [7, 11) is 0. The molecule has 1 aliphatic heterocycles. The first-order valence-electron chi connectivity index (χ1n) is 6.90. The molecule has 0 aromatic heterocycles. The van der Waals surface area contributed by atoms with Crippen LogP contribution in [0.2, 0.25) is 0 Å². The Bertz CT molecular complexity index is 279. The van der Waals surface area contributed by atoms with E-state index in [4.69, 9.17) is 4.74 Å². The van der Waals surface area contributed by atoms with E-state index >= 15 is 0 Å². The monoisotopic (exact) mass is 240 g/mol. The second kappa shape index (κ2) is 5.07. The maximum Gasteiger partial charge on any atom is 0.164 e. The number of carbonyl (C=O) groups excluding carboxylic acids is 1. The summed E-state index contributed by atoms with van der Waals surface area (Å²) < 4.78 is 5.91. The van der Waals surface area contributed by atoms with Gasteiger partial charge in [0, 0.05) is 12.5 Å². The Balaban J connectivity index is 1.99. The Hall–Kier alpha value is -0.410. The van der Waals surface area contributed by atoms with Crippen LogP contribution in [0.25, 0.3) is 0 Å². The van der Waals surface area contributed by atoms with Crippen LogP contribution in [0, 0.1) is 11.8 Å². The number of rotatable bonds is 3. The average Bonchev–Trinajstić information content (AvgIpc) is 2.75. The zero-order valence-electron chi connectivity index (χ0n) is 10.9. The van der Waals surface area contributed by atoms with Crippen LogP contribution in [0.1, 0.15) is 52.4 Å². The Labute approximate surface area is 104 Å². The zero-order chi connectivity index (χ0) is 12.5. The molecule has 1 saturated carbocycles. The molecular formula is C14H24O3. The molecule has 1 aliphatic carbocycles. The van der Waals surface area contributed by atoms with Crippen molar-refractivity contribution in [3.05, 3.63) is 0 Å². The molecule has 2 fully saturated rings. The van der Waals surface area contributed by atoms with Gasteiger partial charge in [0.1, 0.15) is 6.10 Å². The topological polar surface area (TPSA) is 46.5 Å². The molecule has 2 unspecified atom stereocenters. The van der Waals surface area contributed by atoms with Crippen LogP contribution in [0.15, 0.2) is 0 Å². The molecule has 0 aromatic carbocycles. The van der Waals surface area contributed by atoms with E-state index in [-0.39, 0.29) is 23.2 Å². The van der Waals surface area contributed by atoms with Crippen molar-refractivity contribution in [2.24, 2.45) is 11.8 Å². The fraction of sp³-hybridized carbons (Fsp3) is 0.929. The molecule has 0 amide bonds. The molecule has 3 nitrogen and oxygen atoms in total. The number of ketones is 1. The highest BCUT2D eigenvalue weighted by atomic mass is 16.5. The third-order valence-electron chi connectivity index (χ3n) is 4.33. The van der Waals surface area contributed by atoms with Crippen LogP contribution >= 0.6 is 0 Å². The molecule has 2 atom stereocenters. The second-order valence-electron chi connectivity index (χ2n) is 6.02. The van der Waals surface area contributed by atoms with Gasteiger partial charge in [-0.05, 0) is 31.6 Å². The van der Waals surface area contributed by atoms with Crippen molar-refractivity contribution >= 4 is 5.78 Å². The number of aliphatic hydroxyl groups excluding tert-OH is 1. The van der Waals surface area contributed by atoms with Crippen molar-refractivity contribution in [3.8, 4) is 0 Å². The highest BCUT2D eigenvalue weighted by Crippen LogP contribution is 2.42. The van der Waals surface area contributed by atoms with E-state index in [2.05, 4.69) is 0 Å². The molecule has 17 heavy (non-hydrogen) atoms. The Morgan fingerprint density at radius 3 is 2.59 bits per heavy atom. The SMILES string of the molecule is CC(C)C(O)C(=O)C1CCOC2(CCCC2)C1. The number of Topliss-reactive ketones (excluding diaryl/α,β-unsaturated/α-hetero) is 1. The molecule has 2 aliphatic rings. The Morgan fingerprint density at radius 1 is 1.35 bits per heavy atom. The van der Waals surface area contributed by atoms with E-state index in [1.807, 2.05) is 13.8 Å². The number of hydrogen-bond donors (Lipinski definition) is 1. The summed E-state index contributed by atoms with van der Waals surface area (Å²) in [6, 6.07) is 0. The highest BCUT2D eigenvalue weighted by Gasteiger charge is 2.43. The first-order chi connectivity index (χ1) is 8.04. The predicted molar refractivity (Wildman–Crippen MR) is 65.7 cm³/mol. The predicted octanol–water partition coefficient (Wildman–Crippen LogP) is 2.31. The van der Waals surface area contributed by atoms with Crippen LogP contribution in [-0.4, -0.2) is 29.2 Å². The van der Waals surface area contributed by atoms with Crippen molar-refractivity contribution in [1.82, 2.24) is 0 Å². The molecular weight excluding hydrogens is 216 g/mol. The van der Waals surface area contributed by atoms with Crippen molar-refractivity contribution in [3.63, 3.8) is 0 Å². The minimum atomic E-state index is -0.795. The van der Waals surface area contributed by atoms with E-state index in [1.165, 1.54) is 12.8 Å². The lowest BCUT2D eigenvalue weighted by Gasteiger charge is -2.38. The molecule has 1 spiro atoms. The summed E-state index contributed by atoms with van der Waals surface area (Å²) in [4.78, 5) is 12.2. The standard InChI is InChI=1S/C14H24O3/c1-10(2)12(15)13(16)11-5-8-17-14(9-11)6-3-4-7-14/h10-12,15H,3-9H2,1-2H3. The number of carbonyl (C=O) groups is 1.